The molecule has 8 heteroatoms. The molecular formula is C23H31NO5S2. The Balaban J connectivity index is 1.68. The van der Waals surface area contributed by atoms with Gasteiger partial charge in [-0.2, -0.15) is 0 Å². The predicted octanol–water partition coefficient (Wildman–Crippen LogP) is 5.16. The van der Waals surface area contributed by atoms with E-state index in [-0.39, 0.29) is 12.1 Å². The van der Waals surface area contributed by atoms with E-state index in [0.717, 1.165) is 0 Å². The SMILES string of the molecule is CN(C(=O)OC(C)(C)C)C1CCC(C)(OC(=O)C(O)(c2cccs2)c2cccs2)CC1. The van der Waals surface area contributed by atoms with Gasteiger partial charge in [0.25, 0.3) is 0 Å². The maximum atomic E-state index is 13.3. The van der Waals surface area contributed by atoms with Gasteiger partial charge in [-0.05, 0) is 76.3 Å². The van der Waals surface area contributed by atoms with Crippen LogP contribution in [0.4, 0.5) is 4.79 Å². The summed E-state index contributed by atoms with van der Waals surface area (Å²) in [5.74, 6) is -0.654. The number of nitrogens with zero attached hydrogens (tertiary/aromatic N) is 1. The highest BCUT2D eigenvalue weighted by atomic mass is 32.1. The van der Waals surface area contributed by atoms with Crippen molar-refractivity contribution in [2.75, 3.05) is 7.05 Å². The molecule has 1 amide bonds. The van der Waals surface area contributed by atoms with Crippen molar-refractivity contribution in [3.8, 4) is 0 Å². The highest BCUT2D eigenvalue weighted by Gasteiger charge is 2.47. The highest BCUT2D eigenvalue weighted by molar-refractivity contribution is 7.12. The standard InChI is InChI=1S/C23H31NO5S2/c1-21(2,3)29-20(26)24(5)16-10-12-22(4,13-11-16)28-19(25)23(27,17-8-6-14-30-17)18-9-7-15-31-18/h6-9,14-16,27H,10-13H2,1-5H3. The van der Waals surface area contributed by atoms with E-state index in [4.69, 9.17) is 9.47 Å². The summed E-state index contributed by atoms with van der Waals surface area (Å²) in [7, 11) is 1.75. The molecule has 2 aromatic rings. The Morgan fingerprint density at radius 3 is 2.03 bits per heavy atom. The summed E-state index contributed by atoms with van der Waals surface area (Å²) in [5, 5.41) is 15.1. The van der Waals surface area contributed by atoms with E-state index in [1.165, 1.54) is 22.7 Å². The Hall–Kier alpha value is -1.90. The molecule has 0 aromatic carbocycles. The number of aliphatic hydroxyl groups is 1. The first-order chi connectivity index (χ1) is 14.4. The summed E-state index contributed by atoms with van der Waals surface area (Å²) >= 11 is 2.65. The van der Waals surface area contributed by atoms with Crippen molar-refractivity contribution in [1.29, 1.82) is 0 Å². The first-order valence-electron chi connectivity index (χ1n) is 10.4. The van der Waals surface area contributed by atoms with Crippen molar-refractivity contribution in [2.24, 2.45) is 0 Å². The summed E-state index contributed by atoms with van der Waals surface area (Å²) < 4.78 is 11.4. The molecule has 2 aromatic heterocycles. The van der Waals surface area contributed by atoms with Crippen LogP contribution in [0, 0.1) is 0 Å². The second-order valence-electron chi connectivity index (χ2n) is 9.33. The fraction of sp³-hybridized carbons (Fsp3) is 0.565. The summed E-state index contributed by atoms with van der Waals surface area (Å²) in [6, 6.07) is 7.15. The smallest absolute Gasteiger partial charge is 0.410 e. The van der Waals surface area contributed by atoms with Gasteiger partial charge in [-0.15, -0.1) is 22.7 Å². The summed E-state index contributed by atoms with van der Waals surface area (Å²) in [6.45, 7) is 7.44. The van der Waals surface area contributed by atoms with Gasteiger partial charge in [-0.3, -0.25) is 0 Å². The lowest BCUT2D eigenvalue weighted by Gasteiger charge is -2.41. The van der Waals surface area contributed by atoms with Crippen LogP contribution in [0.3, 0.4) is 0 Å². The molecule has 2 heterocycles. The molecule has 0 bridgehead atoms. The predicted molar refractivity (Wildman–Crippen MR) is 122 cm³/mol. The van der Waals surface area contributed by atoms with Gasteiger partial charge in [0.05, 0.1) is 9.75 Å². The van der Waals surface area contributed by atoms with Crippen molar-refractivity contribution in [3.05, 3.63) is 44.8 Å². The molecule has 0 atom stereocenters. The van der Waals surface area contributed by atoms with E-state index in [1.807, 2.05) is 50.6 Å². The first-order valence-corrected chi connectivity index (χ1v) is 12.2. The topological polar surface area (TPSA) is 76.1 Å². The Morgan fingerprint density at radius 1 is 1.10 bits per heavy atom. The third-order valence-electron chi connectivity index (χ3n) is 5.63. The fourth-order valence-corrected chi connectivity index (χ4v) is 5.49. The second kappa shape index (κ2) is 8.92. The molecule has 31 heavy (non-hydrogen) atoms. The monoisotopic (exact) mass is 465 g/mol. The maximum absolute atomic E-state index is 13.3. The van der Waals surface area contributed by atoms with Crippen LogP contribution < -0.4 is 0 Å². The molecule has 170 valence electrons. The van der Waals surface area contributed by atoms with Crippen LogP contribution in [0.2, 0.25) is 0 Å². The highest BCUT2D eigenvalue weighted by Crippen LogP contribution is 2.40. The number of thiophene rings is 2. The van der Waals surface area contributed by atoms with Crippen LogP contribution in [0.25, 0.3) is 0 Å². The molecule has 0 saturated heterocycles. The molecule has 1 aliphatic rings. The average molecular weight is 466 g/mol. The Labute approximate surface area is 191 Å². The summed E-state index contributed by atoms with van der Waals surface area (Å²) in [5.41, 5.74) is -3.06. The van der Waals surface area contributed by atoms with Crippen molar-refractivity contribution in [2.45, 2.75) is 76.2 Å². The van der Waals surface area contributed by atoms with E-state index in [0.29, 0.717) is 35.4 Å². The van der Waals surface area contributed by atoms with E-state index in [9.17, 15) is 14.7 Å². The molecule has 1 saturated carbocycles. The van der Waals surface area contributed by atoms with E-state index in [2.05, 4.69) is 0 Å². The lowest BCUT2D eigenvalue weighted by atomic mass is 9.82. The van der Waals surface area contributed by atoms with Gasteiger partial charge in [0.15, 0.2) is 0 Å². The molecule has 0 radical (unpaired) electrons. The van der Waals surface area contributed by atoms with Crippen molar-refractivity contribution in [3.63, 3.8) is 0 Å². The van der Waals surface area contributed by atoms with Gasteiger partial charge in [0, 0.05) is 13.1 Å². The minimum Gasteiger partial charge on any atom is -0.457 e. The van der Waals surface area contributed by atoms with Gasteiger partial charge in [0.2, 0.25) is 5.60 Å². The van der Waals surface area contributed by atoms with Crippen LogP contribution in [0.1, 0.15) is 63.1 Å². The molecule has 1 N–H and O–H groups in total. The molecular weight excluding hydrogens is 434 g/mol. The molecule has 3 rings (SSSR count). The van der Waals surface area contributed by atoms with Gasteiger partial charge >= 0.3 is 12.1 Å². The number of carbonyl (C=O) groups is 2. The maximum Gasteiger partial charge on any atom is 0.410 e. The van der Waals surface area contributed by atoms with Crippen LogP contribution in [-0.2, 0) is 19.9 Å². The molecule has 0 unspecified atom stereocenters. The summed E-state index contributed by atoms with van der Waals surface area (Å²) in [4.78, 5) is 28.4. The molecule has 1 fully saturated rings. The quantitative estimate of drug-likeness (QED) is 0.618. The van der Waals surface area contributed by atoms with Crippen LogP contribution in [-0.4, -0.2) is 46.4 Å². The number of carbonyl (C=O) groups excluding carboxylic acids is 2. The minimum atomic E-state index is -1.81. The van der Waals surface area contributed by atoms with Crippen LogP contribution >= 0.6 is 22.7 Å². The van der Waals surface area contributed by atoms with Gasteiger partial charge in [0.1, 0.15) is 11.2 Å². The number of rotatable bonds is 5. The van der Waals surface area contributed by atoms with Crippen molar-refractivity contribution >= 4 is 34.7 Å². The Morgan fingerprint density at radius 2 is 1.61 bits per heavy atom. The molecule has 6 nitrogen and oxygen atoms in total. The number of hydrogen-bond acceptors (Lipinski definition) is 7. The number of amides is 1. The van der Waals surface area contributed by atoms with E-state index >= 15 is 0 Å². The van der Waals surface area contributed by atoms with E-state index in [1.54, 1.807) is 24.1 Å². The fourth-order valence-electron chi connectivity index (χ4n) is 3.77. The number of esters is 1. The molecule has 0 aliphatic heterocycles. The zero-order valence-corrected chi connectivity index (χ0v) is 20.3. The molecule has 1 aliphatic carbocycles. The normalized spacial score (nSPS) is 22.1. The van der Waals surface area contributed by atoms with Gasteiger partial charge in [-0.1, -0.05) is 12.1 Å². The second-order valence-corrected chi connectivity index (χ2v) is 11.2. The largest absolute Gasteiger partial charge is 0.457 e. The lowest BCUT2D eigenvalue weighted by Crippen LogP contribution is -2.48. The zero-order chi connectivity index (χ0) is 22.9. The average Bonchev–Trinajstić information content (AvgIpc) is 3.40. The van der Waals surface area contributed by atoms with Crippen LogP contribution in [0.5, 0.6) is 0 Å². The van der Waals surface area contributed by atoms with Gasteiger partial charge < -0.3 is 19.5 Å². The first kappa shape index (κ1) is 23.8. The van der Waals surface area contributed by atoms with Crippen molar-refractivity contribution in [1.82, 2.24) is 4.90 Å². The lowest BCUT2D eigenvalue weighted by molar-refractivity contribution is -0.180. The minimum absolute atomic E-state index is 0.0232. The third kappa shape index (κ3) is 5.30. The Bertz CT molecular complexity index is 843. The molecule has 0 spiro atoms. The number of ether oxygens (including phenoxy) is 2. The van der Waals surface area contributed by atoms with Gasteiger partial charge in [-0.25, -0.2) is 9.59 Å². The van der Waals surface area contributed by atoms with Crippen molar-refractivity contribution < 1.29 is 24.2 Å². The number of hydrogen-bond donors (Lipinski definition) is 1. The van der Waals surface area contributed by atoms with E-state index < -0.39 is 22.8 Å². The zero-order valence-electron chi connectivity index (χ0n) is 18.7. The third-order valence-corrected chi connectivity index (χ3v) is 7.59. The summed E-state index contributed by atoms with van der Waals surface area (Å²) in [6.07, 6.45) is 2.23. The Kier molecular flexibility index (Phi) is 6.84. The van der Waals surface area contributed by atoms with Crippen LogP contribution in [0.15, 0.2) is 35.0 Å².